The number of hydrogen-bond donors (Lipinski definition) is 0. The molecule has 0 radical (unpaired) electrons. The van der Waals surface area contributed by atoms with Crippen molar-refractivity contribution >= 4 is 45.0 Å². The molecule has 1 heterocycles. The maximum absolute atomic E-state index is 13.5. The molecule has 3 aromatic carbocycles. The van der Waals surface area contributed by atoms with E-state index in [1.165, 1.54) is 29.2 Å². The Kier molecular flexibility index (Phi) is 6.32. The van der Waals surface area contributed by atoms with Crippen LogP contribution in [0.1, 0.15) is 22.3 Å². The third kappa shape index (κ3) is 4.68. The molecule has 0 N–H and O–H groups in total. The zero-order valence-electron chi connectivity index (χ0n) is 17.3. The number of nitrogens with zero attached hydrogens (tertiary/aromatic N) is 3. The molecule has 8 nitrogen and oxygen atoms in total. The maximum Gasteiger partial charge on any atom is 0.270 e. The quantitative estimate of drug-likeness (QED) is 0.280. The van der Waals surface area contributed by atoms with Crippen LogP contribution in [0.15, 0.2) is 83.3 Å². The highest BCUT2D eigenvalue weighted by Gasteiger charge is 2.44. The summed E-state index contributed by atoms with van der Waals surface area (Å²) in [5, 5.41) is 11.2. The summed E-state index contributed by atoms with van der Waals surface area (Å²) in [6.45, 7) is 0.0697. The highest BCUT2D eigenvalue weighted by Crippen LogP contribution is 2.29. The van der Waals surface area contributed by atoms with E-state index in [0.29, 0.717) is 5.69 Å². The van der Waals surface area contributed by atoms with E-state index in [-0.39, 0.29) is 24.2 Å². The van der Waals surface area contributed by atoms with Crippen molar-refractivity contribution in [3.05, 3.63) is 105 Å². The lowest BCUT2D eigenvalue weighted by atomic mass is 10.1. The van der Waals surface area contributed by atoms with E-state index in [4.69, 9.17) is 0 Å². The van der Waals surface area contributed by atoms with Gasteiger partial charge >= 0.3 is 0 Å². The largest absolute Gasteiger partial charge is 0.322 e. The van der Waals surface area contributed by atoms with Crippen molar-refractivity contribution in [2.45, 2.75) is 19.0 Å². The Labute approximate surface area is 197 Å². The molecule has 1 saturated heterocycles. The van der Waals surface area contributed by atoms with E-state index in [1.807, 2.05) is 18.2 Å². The smallest absolute Gasteiger partial charge is 0.270 e. The Bertz CT molecular complexity index is 1230. The van der Waals surface area contributed by atoms with Crippen molar-refractivity contribution < 1.29 is 19.3 Å². The zero-order valence-corrected chi connectivity index (χ0v) is 18.8. The first-order valence-corrected chi connectivity index (χ1v) is 10.9. The van der Waals surface area contributed by atoms with Crippen molar-refractivity contribution in [3.8, 4) is 0 Å². The number of rotatable bonds is 6. The molecular formula is C24H18BrN3O5. The molecule has 0 aliphatic carbocycles. The first kappa shape index (κ1) is 22.3. The molecule has 1 aliphatic rings. The minimum Gasteiger partial charge on any atom is -0.322 e. The summed E-state index contributed by atoms with van der Waals surface area (Å²) in [7, 11) is 0. The normalized spacial score (nSPS) is 15.5. The average Bonchev–Trinajstić information content (AvgIpc) is 3.12. The van der Waals surface area contributed by atoms with Gasteiger partial charge in [-0.15, -0.1) is 0 Å². The number of anilines is 1. The van der Waals surface area contributed by atoms with Gasteiger partial charge in [0.1, 0.15) is 6.04 Å². The summed E-state index contributed by atoms with van der Waals surface area (Å²) in [5.74, 6) is -1.50. The highest BCUT2D eigenvalue weighted by molar-refractivity contribution is 9.10. The fraction of sp³-hybridized carbons (Fsp3) is 0.125. The lowest BCUT2D eigenvalue weighted by Crippen LogP contribution is -2.45. The van der Waals surface area contributed by atoms with Crippen molar-refractivity contribution in [3.63, 3.8) is 0 Å². The van der Waals surface area contributed by atoms with Crippen LogP contribution in [-0.2, 0) is 16.1 Å². The minimum absolute atomic E-state index is 0.0697. The topological polar surface area (TPSA) is 101 Å². The highest BCUT2D eigenvalue weighted by atomic mass is 79.9. The second-order valence-corrected chi connectivity index (χ2v) is 8.41. The molecule has 0 bridgehead atoms. The van der Waals surface area contributed by atoms with Crippen LogP contribution in [0.3, 0.4) is 0 Å². The van der Waals surface area contributed by atoms with E-state index in [2.05, 4.69) is 15.9 Å². The molecule has 9 heteroatoms. The second-order valence-electron chi connectivity index (χ2n) is 7.49. The van der Waals surface area contributed by atoms with Crippen LogP contribution in [0.2, 0.25) is 0 Å². The number of amides is 3. The summed E-state index contributed by atoms with van der Waals surface area (Å²) < 4.78 is 0.799. The minimum atomic E-state index is -1.03. The van der Waals surface area contributed by atoms with Crippen LogP contribution in [-0.4, -0.2) is 33.6 Å². The van der Waals surface area contributed by atoms with Gasteiger partial charge in [0.15, 0.2) is 0 Å². The number of carbonyl (C=O) groups is 3. The van der Waals surface area contributed by atoms with E-state index in [9.17, 15) is 24.5 Å². The van der Waals surface area contributed by atoms with Gasteiger partial charge in [0, 0.05) is 28.7 Å². The van der Waals surface area contributed by atoms with Crippen LogP contribution in [0, 0.1) is 10.1 Å². The molecule has 1 unspecified atom stereocenters. The first-order chi connectivity index (χ1) is 15.8. The van der Waals surface area contributed by atoms with Crippen LogP contribution in [0.25, 0.3) is 0 Å². The molecule has 166 valence electrons. The number of non-ortho nitro benzene ring substituents is 1. The third-order valence-electron chi connectivity index (χ3n) is 5.34. The van der Waals surface area contributed by atoms with E-state index in [1.54, 1.807) is 36.4 Å². The van der Waals surface area contributed by atoms with Crippen LogP contribution in [0.5, 0.6) is 0 Å². The zero-order chi connectivity index (χ0) is 23.5. The van der Waals surface area contributed by atoms with Crippen molar-refractivity contribution in [1.82, 2.24) is 4.90 Å². The summed E-state index contributed by atoms with van der Waals surface area (Å²) in [6, 6.07) is 20.1. The molecule has 1 atom stereocenters. The summed E-state index contributed by atoms with van der Waals surface area (Å²) in [4.78, 5) is 52.6. The molecular weight excluding hydrogens is 490 g/mol. The van der Waals surface area contributed by atoms with Crippen molar-refractivity contribution in [2.75, 3.05) is 4.90 Å². The molecule has 4 rings (SSSR count). The molecule has 0 aromatic heterocycles. The average molecular weight is 508 g/mol. The van der Waals surface area contributed by atoms with Gasteiger partial charge in [-0.2, -0.15) is 0 Å². The molecule has 3 amide bonds. The Morgan fingerprint density at radius 1 is 1.03 bits per heavy atom. The van der Waals surface area contributed by atoms with Gasteiger partial charge in [-0.05, 0) is 35.9 Å². The molecule has 1 aliphatic heterocycles. The van der Waals surface area contributed by atoms with Crippen molar-refractivity contribution in [1.29, 1.82) is 0 Å². The first-order valence-electron chi connectivity index (χ1n) is 10.1. The van der Waals surface area contributed by atoms with E-state index >= 15 is 0 Å². The van der Waals surface area contributed by atoms with Gasteiger partial charge in [0.25, 0.3) is 17.5 Å². The summed E-state index contributed by atoms with van der Waals surface area (Å²) in [5.41, 5.74) is 1.02. The fourth-order valence-electron chi connectivity index (χ4n) is 3.74. The predicted octanol–water partition coefficient (Wildman–Crippen LogP) is 4.33. The number of benzene rings is 3. The lowest BCUT2D eigenvalue weighted by molar-refractivity contribution is -0.384. The molecule has 3 aromatic rings. The molecule has 0 saturated carbocycles. The summed E-state index contributed by atoms with van der Waals surface area (Å²) >= 11 is 3.33. The number of nitro groups is 1. The number of halogens is 1. The van der Waals surface area contributed by atoms with Gasteiger partial charge in [-0.3, -0.25) is 24.5 Å². The Hall–Kier alpha value is -3.85. The van der Waals surface area contributed by atoms with E-state index < -0.39 is 28.7 Å². The van der Waals surface area contributed by atoms with Gasteiger partial charge in [-0.1, -0.05) is 52.3 Å². The lowest BCUT2D eigenvalue weighted by Gasteiger charge is -2.28. The number of carbonyl (C=O) groups excluding carboxylic acids is 3. The van der Waals surface area contributed by atoms with E-state index in [0.717, 1.165) is 14.9 Å². The number of nitro benzene ring substituents is 1. The summed E-state index contributed by atoms with van der Waals surface area (Å²) in [6.07, 6.45) is -0.178. The van der Waals surface area contributed by atoms with Gasteiger partial charge in [-0.25, -0.2) is 4.90 Å². The Balaban J connectivity index is 1.70. The Morgan fingerprint density at radius 3 is 2.39 bits per heavy atom. The van der Waals surface area contributed by atoms with Crippen LogP contribution in [0.4, 0.5) is 11.4 Å². The monoisotopic (exact) mass is 507 g/mol. The van der Waals surface area contributed by atoms with Gasteiger partial charge in [0.2, 0.25) is 5.91 Å². The molecule has 0 spiro atoms. The van der Waals surface area contributed by atoms with Crippen molar-refractivity contribution in [2.24, 2.45) is 0 Å². The third-order valence-corrected chi connectivity index (χ3v) is 5.87. The maximum atomic E-state index is 13.5. The number of imide groups is 1. The SMILES string of the molecule is O=C1CC(N(Cc2ccccc2)C(=O)c2cccc([N+](=O)[O-])c2)C(=O)N1c1ccc(Br)cc1. The van der Waals surface area contributed by atoms with Gasteiger partial charge < -0.3 is 4.90 Å². The standard InChI is InChI=1S/C24H18BrN3O5/c25-18-9-11-19(12-10-18)27-22(29)14-21(24(27)31)26(15-16-5-2-1-3-6-16)23(30)17-7-4-8-20(13-17)28(32)33/h1-13,21H,14-15H2. The van der Waals surface area contributed by atoms with Crippen LogP contribution < -0.4 is 4.90 Å². The number of hydrogen-bond acceptors (Lipinski definition) is 5. The fourth-order valence-corrected chi connectivity index (χ4v) is 4.01. The van der Waals surface area contributed by atoms with Crippen LogP contribution >= 0.6 is 15.9 Å². The predicted molar refractivity (Wildman–Crippen MR) is 124 cm³/mol. The Morgan fingerprint density at radius 2 is 1.73 bits per heavy atom. The molecule has 1 fully saturated rings. The molecule has 33 heavy (non-hydrogen) atoms. The second kappa shape index (κ2) is 9.33. The van der Waals surface area contributed by atoms with Gasteiger partial charge in [0.05, 0.1) is 17.0 Å².